The van der Waals surface area contributed by atoms with Gasteiger partial charge in [0.15, 0.2) is 0 Å². The molecule has 0 saturated carbocycles. The normalized spacial score (nSPS) is 18.4. The highest BCUT2D eigenvalue weighted by atomic mass is 79.9. The molecule has 1 aromatic rings. The van der Waals surface area contributed by atoms with Crippen LogP contribution in [0, 0.1) is 6.92 Å². The number of halogens is 1. The summed E-state index contributed by atoms with van der Waals surface area (Å²) in [6.07, 6.45) is 2.32. The summed E-state index contributed by atoms with van der Waals surface area (Å²) in [5.74, 6) is 0.695. The van der Waals surface area contributed by atoms with Crippen molar-refractivity contribution in [2.45, 2.75) is 25.7 Å². The van der Waals surface area contributed by atoms with E-state index in [0.717, 1.165) is 26.1 Å². The van der Waals surface area contributed by atoms with Crippen molar-refractivity contribution in [2.24, 2.45) is 0 Å². The van der Waals surface area contributed by atoms with Crippen LogP contribution >= 0.6 is 15.9 Å². The second kappa shape index (κ2) is 4.45. The van der Waals surface area contributed by atoms with Crippen LogP contribution in [0.25, 0.3) is 0 Å². The molecule has 0 N–H and O–H groups in total. The fourth-order valence-corrected chi connectivity index (χ4v) is 2.29. The van der Waals surface area contributed by atoms with E-state index < -0.39 is 0 Å². The van der Waals surface area contributed by atoms with Crippen molar-refractivity contribution in [1.82, 2.24) is 0 Å². The van der Waals surface area contributed by atoms with E-state index in [1.54, 1.807) is 0 Å². The number of benzene rings is 1. The van der Waals surface area contributed by atoms with Crippen molar-refractivity contribution in [2.75, 3.05) is 13.2 Å². The maximum absolute atomic E-state index is 5.36. The van der Waals surface area contributed by atoms with Crippen LogP contribution in [0.15, 0.2) is 22.7 Å². The van der Waals surface area contributed by atoms with Crippen molar-refractivity contribution in [3.8, 4) is 0 Å². The van der Waals surface area contributed by atoms with Crippen molar-refractivity contribution >= 4 is 15.9 Å². The summed E-state index contributed by atoms with van der Waals surface area (Å²) in [4.78, 5) is 0. The molecule has 0 spiro atoms. The predicted molar refractivity (Wildman–Crippen MR) is 61.7 cm³/mol. The lowest BCUT2D eigenvalue weighted by Crippen LogP contribution is -2.14. The molecule has 14 heavy (non-hydrogen) atoms. The highest BCUT2D eigenvalue weighted by Crippen LogP contribution is 2.29. The van der Waals surface area contributed by atoms with E-state index in [1.165, 1.54) is 15.6 Å². The molecule has 0 aromatic heterocycles. The van der Waals surface area contributed by atoms with Gasteiger partial charge in [0.05, 0.1) is 0 Å². The zero-order valence-corrected chi connectivity index (χ0v) is 10.0. The Bertz CT molecular complexity index is 316. The summed E-state index contributed by atoms with van der Waals surface area (Å²) in [5.41, 5.74) is 2.76. The van der Waals surface area contributed by atoms with Crippen LogP contribution in [-0.4, -0.2) is 13.2 Å². The van der Waals surface area contributed by atoms with Gasteiger partial charge in [-0.15, -0.1) is 0 Å². The molecule has 76 valence electrons. The van der Waals surface area contributed by atoms with E-state index in [0.29, 0.717) is 5.92 Å². The Kier molecular flexibility index (Phi) is 3.24. The summed E-state index contributed by atoms with van der Waals surface area (Å²) in [6.45, 7) is 3.95. The zero-order chi connectivity index (χ0) is 9.97. The van der Waals surface area contributed by atoms with Gasteiger partial charge in [-0.2, -0.15) is 0 Å². The quantitative estimate of drug-likeness (QED) is 0.744. The molecule has 1 nitrogen and oxygen atoms in total. The average Bonchev–Trinajstić information content (AvgIpc) is 2.23. The SMILES string of the molecule is Cc1ccc(C2CCOCC2)cc1Br. The lowest BCUT2D eigenvalue weighted by atomic mass is 9.91. The standard InChI is InChI=1S/C12H15BrO/c1-9-2-3-11(8-12(9)13)10-4-6-14-7-5-10/h2-3,8,10H,4-7H2,1H3. The Morgan fingerprint density at radius 3 is 2.64 bits per heavy atom. The molecule has 1 aromatic carbocycles. The monoisotopic (exact) mass is 254 g/mol. The molecule has 1 aliphatic heterocycles. The van der Waals surface area contributed by atoms with Crippen LogP contribution in [0.3, 0.4) is 0 Å². The van der Waals surface area contributed by atoms with Crippen LogP contribution < -0.4 is 0 Å². The van der Waals surface area contributed by atoms with Gasteiger partial charge in [-0.3, -0.25) is 0 Å². The Hall–Kier alpha value is -0.340. The van der Waals surface area contributed by atoms with Crippen molar-refractivity contribution in [3.05, 3.63) is 33.8 Å². The minimum atomic E-state index is 0.695. The van der Waals surface area contributed by atoms with E-state index in [-0.39, 0.29) is 0 Å². The van der Waals surface area contributed by atoms with Crippen LogP contribution in [0.1, 0.15) is 29.9 Å². The smallest absolute Gasteiger partial charge is 0.0471 e. The summed E-state index contributed by atoms with van der Waals surface area (Å²) in [7, 11) is 0. The fourth-order valence-electron chi connectivity index (χ4n) is 1.89. The Labute approximate surface area is 93.6 Å². The van der Waals surface area contributed by atoms with Gasteiger partial charge in [0.1, 0.15) is 0 Å². The van der Waals surface area contributed by atoms with Gasteiger partial charge in [-0.25, -0.2) is 0 Å². The van der Waals surface area contributed by atoms with Crippen LogP contribution in [0.5, 0.6) is 0 Å². The minimum Gasteiger partial charge on any atom is -0.381 e. The first-order valence-corrected chi connectivity index (χ1v) is 5.90. The van der Waals surface area contributed by atoms with E-state index in [2.05, 4.69) is 41.1 Å². The molecule has 1 saturated heterocycles. The molecule has 0 bridgehead atoms. The van der Waals surface area contributed by atoms with Crippen molar-refractivity contribution < 1.29 is 4.74 Å². The van der Waals surface area contributed by atoms with Crippen LogP contribution in [-0.2, 0) is 4.74 Å². The highest BCUT2D eigenvalue weighted by Gasteiger charge is 2.15. The first-order valence-electron chi connectivity index (χ1n) is 5.11. The first kappa shape index (κ1) is 10.2. The molecule has 1 heterocycles. The molecule has 0 amide bonds. The number of rotatable bonds is 1. The summed E-state index contributed by atoms with van der Waals surface area (Å²) < 4.78 is 6.59. The highest BCUT2D eigenvalue weighted by molar-refractivity contribution is 9.10. The zero-order valence-electron chi connectivity index (χ0n) is 8.42. The third-order valence-corrected chi connectivity index (χ3v) is 3.74. The first-order chi connectivity index (χ1) is 6.77. The fraction of sp³-hybridized carbons (Fsp3) is 0.500. The number of aryl methyl sites for hydroxylation is 1. The van der Waals surface area contributed by atoms with Gasteiger partial charge in [0, 0.05) is 17.7 Å². The summed E-state index contributed by atoms with van der Waals surface area (Å²) >= 11 is 3.58. The largest absolute Gasteiger partial charge is 0.381 e. The van der Waals surface area contributed by atoms with Gasteiger partial charge >= 0.3 is 0 Å². The lowest BCUT2D eigenvalue weighted by Gasteiger charge is -2.22. The molecule has 0 aliphatic carbocycles. The van der Waals surface area contributed by atoms with Crippen molar-refractivity contribution in [3.63, 3.8) is 0 Å². The average molecular weight is 255 g/mol. The number of hydrogen-bond acceptors (Lipinski definition) is 1. The third kappa shape index (κ3) is 2.18. The van der Waals surface area contributed by atoms with E-state index in [9.17, 15) is 0 Å². The van der Waals surface area contributed by atoms with Crippen LogP contribution in [0.4, 0.5) is 0 Å². The Morgan fingerprint density at radius 2 is 2.00 bits per heavy atom. The van der Waals surface area contributed by atoms with Crippen LogP contribution in [0.2, 0.25) is 0 Å². The maximum atomic E-state index is 5.36. The number of ether oxygens (including phenoxy) is 1. The molecular weight excluding hydrogens is 240 g/mol. The Morgan fingerprint density at radius 1 is 1.29 bits per heavy atom. The van der Waals surface area contributed by atoms with E-state index in [4.69, 9.17) is 4.74 Å². The molecule has 0 atom stereocenters. The molecular formula is C12H15BrO. The van der Waals surface area contributed by atoms with E-state index >= 15 is 0 Å². The summed E-state index contributed by atoms with van der Waals surface area (Å²) in [5, 5.41) is 0. The van der Waals surface area contributed by atoms with Gasteiger partial charge in [0.2, 0.25) is 0 Å². The Balaban J connectivity index is 2.18. The lowest BCUT2D eigenvalue weighted by molar-refractivity contribution is 0.0853. The van der Waals surface area contributed by atoms with Crippen molar-refractivity contribution in [1.29, 1.82) is 0 Å². The summed E-state index contributed by atoms with van der Waals surface area (Å²) in [6, 6.07) is 6.69. The molecule has 2 heteroatoms. The van der Waals surface area contributed by atoms with Gasteiger partial charge in [-0.1, -0.05) is 28.1 Å². The molecule has 0 radical (unpaired) electrons. The molecule has 1 aliphatic rings. The van der Waals surface area contributed by atoms with Gasteiger partial charge in [0.25, 0.3) is 0 Å². The van der Waals surface area contributed by atoms with Gasteiger partial charge < -0.3 is 4.74 Å². The maximum Gasteiger partial charge on any atom is 0.0471 e. The van der Waals surface area contributed by atoms with E-state index in [1.807, 2.05) is 0 Å². The second-order valence-electron chi connectivity index (χ2n) is 3.90. The minimum absolute atomic E-state index is 0.695. The third-order valence-electron chi connectivity index (χ3n) is 2.89. The predicted octanol–water partition coefficient (Wildman–Crippen LogP) is 3.65. The molecule has 1 fully saturated rings. The molecule has 0 unspecified atom stereocenters. The molecule has 2 rings (SSSR count). The van der Waals surface area contributed by atoms with Gasteiger partial charge in [-0.05, 0) is 42.9 Å². The number of hydrogen-bond donors (Lipinski definition) is 0. The second-order valence-corrected chi connectivity index (χ2v) is 4.75. The topological polar surface area (TPSA) is 9.23 Å².